The molecule has 1 aliphatic rings. The van der Waals surface area contributed by atoms with Gasteiger partial charge in [0.2, 0.25) is 0 Å². The Balaban J connectivity index is 1.86. The number of ether oxygens (including phenoxy) is 2. The lowest BCUT2D eigenvalue weighted by atomic mass is 10.1. The summed E-state index contributed by atoms with van der Waals surface area (Å²) in [7, 11) is 1.40. The van der Waals surface area contributed by atoms with E-state index in [9.17, 15) is 4.79 Å². The van der Waals surface area contributed by atoms with Gasteiger partial charge in [0.05, 0.1) is 32.1 Å². The first-order chi connectivity index (χ1) is 12.8. The van der Waals surface area contributed by atoms with E-state index in [0.717, 1.165) is 40.4 Å². The molecule has 4 heterocycles. The Morgan fingerprint density at radius 1 is 1.31 bits per heavy atom. The third kappa shape index (κ3) is 3.25. The highest BCUT2D eigenvalue weighted by Crippen LogP contribution is 2.34. The van der Waals surface area contributed by atoms with E-state index in [1.54, 1.807) is 6.20 Å². The first-order valence-corrected chi connectivity index (χ1v) is 9.23. The second kappa shape index (κ2) is 7.35. The van der Waals surface area contributed by atoms with E-state index in [2.05, 4.69) is 14.9 Å². The smallest absolute Gasteiger partial charge is 0.310 e. The summed E-state index contributed by atoms with van der Waals surface area (Å²) in [5.41, 5.74) is 1.62. The molecule has 8 heteroatoms. The molecule has 3 aromatic rings. The molecular formula is C18H18N4O3S. The summed E-state index contributed by atoms with van der Waals surface area (Å²) in [6, 6.07) is 5.68. The summed E-state index contributed by atoms with van der Waals surface area (Å²) in [5.74, 6) is 1.15. The molecule has 4 rings (SSSR count). The van der Waals surface area contributed by atoms with Crippen LogP contribution in [0.5, 0.6) is 0 Å². The zero-order chi connectivity index (χ0) is 17.9. The number of morpholine rings is 1. The Morgan fingerprint density at radius 3 is 2.88 bits per heavy atom. The standard InChI is InChI=1S/C18H18N4O3S/c1-24-14(23)10-12-11-26-18-15(12)17(22-6-8-25-9-7-22)20-16(21-18)13-4-2-3-5-19-13/h2-5,11H,6-10H2,1H3. The van der Waals surface area contributed by atoms with Crippen molar-refractivity contribution in [1.82, 2.24) is 15.0 Å². The molecular weight excluding hydrogens is 352 g/mol. The van der Waals surface area contributed by atoms with Crippen LogP contribution in [0.3, 0.4) is 0 Å². The minimum absolute atomic E-state index is 0.208. The van der Waals surface area contributed by atoms with Gasteiger partial charge in [-0.25, -0.2) is 9.97 Å². The molecule has 1 aliphatic heterocycles. The number of pyridine rings is 1. The molecule has 0 atom stereocenters. The number of esters is 1. The number of hydrogen-bond acceptors (Lipinski definition) is 8. The molecule has 1 fully saturated rings. The normalized spacial score (nSPS) is 14.6. The van der Waals surface area contributed by atoms with Gasteiger partial charge in [0.1, 0.15) is 16.3 Å². The SMILES string of the molecule is COC(=O)Cc1csc2nc(-c3ccccn3)nc(N3CCOCC3)c12. The van der Waals surface area contributed by atoms with Crippen LogP contribution in [0.15, 0.2) is 29.8 Å². The molecule has 0 bridgehead atoms. The van der Waals surface area contributed by atoms with Crippen molar-refractivity contribution in [1.29, 1.82) is 0 Å². The number of anilines is 1. The molecule has 0 N–H and O–H groups in total. The maximum Gasteiger partial charge on any atom is 0.310 e. The van der Waals surface area contributed by atoms with Crippen LogP contribution in [0.25, 0.3) is 21.7 Å². The van der Waals surface area contributed by atoms with Crippen LogP contribution in [0.2, 0.25) is 0 Å². The predicted octanol–water partition coefficient (Wildman–Crippen LogP) is 2.31. The number of carbonyl (C=O) groups excluding carboxylic acids is 1. The van der Waals surface area contributed by atoms with Crippen molar-refractivity contribution in [3.63, 3.8) is 0 Å². The van der Waals surface area contributed by atoms with Gasteiger partial charge in [0.15, 0.2) is 5.82 Å². The summed E-state index contributed by atoms with van der Waals surface area (Å²) in [4.78, 5) is 28.7. The fraction of sp³-hybridized carbons (Fsp3) is 0.333. The molecule has 1 saturated heterocycles. The molecule has 0 aromatic carbocycles. The molecule has 0 spiro atoms. The maximum atomic E-state index is 11.8. The van der Waals surface area contributed by atoms with Crippen LogP contribution in [0, 0.1) is 0 Å². The van der Waals surface area contributed by atoms with Crippen molar-refractivity contribution < 1.29 is 14.3 Å². The Morgan fingerprint density at radius 2 is 2.15 bits per heavy atom. The predicted molar refractivity (Wildman–Crippen MR) is 99.4 cm³/mol. The fourth-order valence-corrected chi connectivity index (χ4v) is 3.89. The summed E-state index contributed by atoms with van der Waals surface area (Å²) in [5, 5.41) is 2.88. The van der Waals surface area contributed by atoms with Crippen LogP contribution >= 0.6 is 11.3 Å². The lowest BCUT2D eigenvalue weighted by Crippen LogP contribution is -2.37. The Bertz CT molecular complexity index is 923. The van der Waals surface area contributed by atoms with Crippen LogP contribution < -0.4 is 4.90 Å². The molecule has 0 saturated carbocycles. The second-order valence-corrected chi connectivity index (χ2v) is 6.74. The van der Waals surface area contributed by atoms with E-state index in [4.69, 9.17) is 14.5 Å². The summed E-state index contributed by atoms with van der Waals surface area (Å²) in [6.45, 7) is 2.81. The van der Waals surface area contributed by atoms with E-state index < -0.39 is 0 Å². The molecule has 0 aliphatic carbocycles. The van der Waals surface area contributed by atoms with E-state index in [1.165, 1.54) is 18.4 Å². The topological polar surface area (TPSA) is 77.4 Å². The Kier molecular flexibility index (Phi) is 4.77. The number of aromatic nitrogens is 3. The highest BCUT2D eigenvalue weighted by atomic mass is 32.1. The lowest BCUT2D eigenvalue weighted by Gasteiger charge is -2.28. The third-order valence-electron chi connectivity index (χ3n) is 4.26. The molecule has 0 radical (unpaired) electrons. The zero-order valence-electron chi connectivity index (χ0n) is 14.3. The number of nitrogens with zero attached hydrogens (tertiary/aromatic N) is 4. The van der Waals surface area contributed by atoms with Crippen molar-refractivity contribution in [2.75, 3.05) is 38.3 Å². The largest absolute Gasteiger partial charge is 0.469 e. The third-order valence-corrected chi connectivity index (χ3v) is 5.18. The summed E-state index contributed by atoms with van der Waals surface area (Å²) in [6.07, 6.45) is 1.94. The minimum Gasteiger partial charge on any atom is -0.469 e. The van der Waals surface area contributed by atoms with E-state index >= 15 is 0 Å². The van der Waals surface area contributed by atoms with E-state index in [1.807, 2.05) is 23.6 Å². The molecule has 0 unspecified atom stereocenters. The van der Waals surface area contributed by atoms with Gasteiger partial charge in [-0.05, 0) is 23.1 Å². The lowest BCUT2D eigenvalue weighted by molar-refractivity contribution is -0.139. The molecule has 7 nitrogen and oxygen atoms in total. The van der Waals surface area contributed by atoms with Crippen molar-refractivity contribution in [2.24, 2.45) is 0 Å². The minimum atomic E-state index is -0.272. The van der Waals surface area contributed by atoms with Gasteiger partial charge in [-0.3, -0.25) is 9.78 Å². The van der Waals surface area contributed by atoms with Gasteiger partial charge < -0.3 is 14.4 Å². The van der Waals surface area contributed by atoms with Crippen LogP contribution in [0.4, 0.5) is 5.82 Å². The molecule has 134 valence electrons. The summed E-state index contributed by atoms with van der Waals surface area (Å²) < 4.78 is 10.3. The summed E-state index contributed by atoms with van der Waals surface area (Å²) >= 11 is 1.51. The van der Waals surface area contributed by atoms with E-state index in [0.29, 0.717) is 19.0 Å². The van der Waals surface area contributed by atoms with E-state index in [-0.39, 0.29) is 12.4 Å². The van der Waals surface area contributed by atoms with Gasteiger partial charge in [-0.1, -0.05) is 6.07 Å². The van der Waals surface area contributed by atoms with Crippen molar-refractivity contribution in [3.05, 3.63) is 35.3 Å². The van der Waals surface area contributed by atoms with Crippen molar-refractivity contribution in [3.8, 4) is 11.5 Å². The number of thiophene rings is 1. The van der Waals surface area contributed by atoms with Gasteiger partial charge in [0.25, 0.3) is 0 Å². The van der Waals surface area contributed by atoms with Gasteiger partial charge in [-0.2, -0.15) is 0 Å². The number of carbonyl (C=O) groups is 1. The average Bonchev–Trinajstić information content (AvgIpc) is 3.11. The number of rotatable bonds is 4. The highest BCUT2D eigenvalue weighted by Gasteiger charge is 2.22. The van der Waals surface area contributed by atoms with Crippen LogP contribution in [-0.2, 0) is 20.7 Å². The van der Waals surface area contributed by atoms with Crippen LogP contribution in [-0.4, -0.2) is 54.3 Å². The zero-order valence-corrected chi connectivity index (χ0v) is 15.2. The maximum absolute atomic E-state index is 11.8. The van der Waals surface area contributed by atoms with Crippen molar-refractivity contribution >= 4 is 33.3 Å². The molecule has 0 amide bonds. The number of methoxy groups -OCH3 is 1. The first-order valence-electron chi connectivity index (χ1n) is 8.35. The quantitative estimate of drug-likeness (QED) is 0.652. The first kappa shape index (κ1) is 16.9. The Hall–Kier alpha value is -2.58. The number of hydrogen-bond donors (Lipinski definition) is 0. The van der Waals surface area contributed by atoms with Gasteiger partial charge in [-0.15, -0.1) is 11.3 Å². The van der Waals surface area contributed by atoms with Crippen molar-refractivity contribution in [2.45, 2.75) is 6.42 Å². The second-order valence-electron chi connectivity index (χ2n) is 5.88. The Labute approximate surface area is 154 Å². The molecule has 3 aromatic heterocycles. The fourth-order valence-electron chi connectivity index (χ4n) is 2.95. The average molecular weight is 370 g/mol. The number of fused-ring (bicyclic) bond motifs is 1. The monoisotopic (exact) mass is 370 g/mol. The molecule has 26 heavy (non-hydrogen) atoms. The van der Waals surface area contributed by atoms with Crippen LogP contribution in [0.1, 0.15) is 5.56 Å². The highest BCUT2D eigenvalue weighted by molar-refractivity contribution is 7.17. The van der Waals surface area contributed by atoms with Gasteiger partial charge >= 0.3 is 5.97 Å². The van der Waals surface area contributed by atoms with Gasteiger partial charge in [0, 0.05) is 19.3 Å².